The highest BCUT2D eigenvalue weighted by Gasteiger charge is 2.10. The molecule has 8 nitrogen and oxygen atoms in total. The number of amides is 2. The van der Waals surface area contributed by atoms with E-state index in [-0.39, 0.29) is 30.1 Å². The fourth-order valence-electron chi connectivity index (χ4n) is 2.68. The van der Waals surface area contributed by atoms with Gasteiger partial charge in [-0.2, -0.15) is 0 Å². The van der Waals surface area contributed by atoms with Gasteiger partial charge in [-0.1, -0.05) is 18.2 Å². The number of fused-ring (bicyclic) bond motifs is 1. The summed E-state index contributed by atoms with van der Waals surface area (Å²) in [5.74, 6) is -0.384. The van der Waals surface area contributed by atoms with Gasteiger partial charge in [0.05, 0.1) is 0 Å². The van der Waals surface area contributed by atoms with E-state index in [2.05, 4.69) is 10.3 Å². The van der Waals surface area contributed by atoms with E-state index < -0.39 is 5.91 Å². The summed E-state index contributed by atoms with van der Waals surface area (Å²) < 4.78 is 7.07. The van der Waals surface area contributed by atoms with Crippen LogP contribution in [-0.4, -0.2) is 21.4 Å². The molecule has 2 aromatic heterocycles. The molecule has 8 heteroatoms. The minimum absolute atomic E-state index is 0.162. The second-order valence-corrected chi connectivity index (χ2v) is 6.18. The molecule has 0 fully saturated rings. The first-order valence-corrected chi connectivity index (χ1v) is 8.82. The number of anilines is 1. The molecule has 1 aromatic carbocycles. The zero-order chi connectivity index (χ0) is 19.9. The van der Waals surface area contributed by atoms with Crippen LogP contribution in [-0.2, 0) is 16.1 Å². The highest BCUT2D eigenvalue weighted by atomic mass is 16.3. The summed E-state index contributed by atoms with van der Waals surface area (Å²) in [7, 11) is 0. The Hall–Kier alpha value is -3.68. The summed E-state index contributed by atoms with van der Waals surface area (Å²) in [6, 6.07) is 10.6. The number of aromatic nitrogens is 2. The van der Waals surface area contributed by atoms with Gasteiger partial charge >= 0.3 is 0 Å². The Bertz CT molecular complexity index is 1050. The van der Waals surface area contributed by atoms with Gasteiger partial charge in [-0.25, -0.2) is 4.98 Å². The molecule has 0 radical (unpaired) electrons. The number of rotatable bonds is 8. The van der Waals surface area contributed by atoms with Crippen LogP contribution in [0.5, 0.6) is 0 Å². The van der Waals surface area contributed by atoms with Crippen molar-refractivity contribution in [2.75, 3.05) is 5.32 Å². The lowest BCUT2D eigenvalue weighted by atomic mass is 10.2. The van der Waals surface area contributed by atoms with E-state index in [9.17, 15) is 14.4 Å². The third kappa shape index (κ3) is 4.94. The van der Waals surface area contributed by atoms with Crippen molar-refractivity contribution >= 4 is 28.6 Å². The van der Waals surface area contributed by atoms with Crippen LogP contribution in [0, 0.1) is 0 Å². The zero-order valence-electron chi connectivity index (χ0n) is 15.1. The molecule has 0 saturated heterocycles. The molecule has 144 valence electrons. The molecular formula is C20H20N4O4. The maximum absolute atomic E-state index is 12.6. The van der Waals surface area contributed by atoms with Crippen LogP contribution in [0.15, 0.2) is 64.0 Å². The van der Waals surface area contributed by atoms with Crippen LogP contribution in [0.25, 0.3) is 11.1 Å². The van der Waals surface area contributed by atoms with Crippen molar-refractivity contribution in [1.82, 2.24) is 9.55 Å². The summed E-state index contributed by atoms with van der Waals surface area (Å²) in [4.78, 5) is 39.6. The Balaban J connectivity index is 1.63. The molecule has 2 amide bonds. The first-order valence-electron chi connectivity index (χ1n) is 8.82. The van der Waals surface area contributed by atoms with Gasteiger partial charge in [0.2, 0.25) is 17.7 Å². The van der Waals surface area contributed by atoms with Crippen LogP contribution in [0.1, 0.15) is 25.2 Å². The van der Waals surface area contributed by atoms with Crippen molar-refractivity contribution < 1.29 is 14.0 Å². The third-order valence-corrected chi connectivity index (χ3v) is 3.99. The van der Waals surface area contributed by atoms with E-state index in [0.29, 0.717) is 24.3 Å². The molecule has 28 heavy (non-hydrogen) atoms. The zero-order valence-corrected chi connectivity index (χ0v) is 15.1. The highest BCUT2D eigenvalue weighted by molar-refractivity contribution is 5.90. The van der Waals surface area contributed by atoms with Crippen LogP contribution in [0.4, 0.5) is 5.69 Å². The number of hydrogen-bond acceptors (Lipinski definition) is 5. The number of nitrogens with one attached hydrogen (secondary N) is 1. The van der Waals surface area contributed by atoms with E-state index >= 15 is 0 Å². The molecule has 0 unspecified atom stereocenters. The summed E-state index contributed by atoms with van der Waals surface area (Å²) in [5, 5.41) is 2.62. The van der Waals surface area contributed by atoms with Gasteiger partial charge in [-0.15, -0.1) is 0 Å². The molecule has 0 spiro atoms. The fraction of sp³-hybridized carbons (Fsp3) is 0.200. The highest BCUT2D eigenvalue weighted by Crippen LogP contribution is 2.15. The van der Waals surface area contributed by atoms with E-state index in [4.69, 9.17) is 10.2 Å². The number of para-hydroxylation sites is 2. The molecule has 0 bridgehead atoms. The summed E-state index contributed by atoms with van der Waals surface area (Å²) >= 11 is 0. The van der Waals surface area contributed by atoms with Gasteiger partial charge in [0, 0.05) is 12.6 Å². The first kappa shape index (κ1) is 19.1. The number of nitrogens with two attached hydrogens (primary N) is 1. The Morgan fingerprint density at radius 3 is 2.82 bits per heavy atom. The SMILES string of the molecule is NC(=O)/C=C/CCCC(=O)Nc1cccn(Cc2nc3ccccc3o2)c1=O. The lowest BCUT2D eigenvalue weighted by molar-refractivity contribution is -0.116. The number of carbonyl (C=O) groups is 2. The lowest BCUT2D eigenvalue weighted by Gasteiger charge is -2.07. The van der Waals surface area contributed by atoms with Gasteiger partial charge in [0.15, 0.2) is 5.58 Å². The Labute approximate surface area is 160 Å². The Morgan fingerprint density at radius 1 is 1.21 bits per heavy atom. The number of oxazole rings is 1. The molecule has 0 aliphatic carbocycles. The van der Waals surface area contributed by atoms with E-state index in [1.165, 1.54) is 10.6 Å². The van der Waals surface area contributed by atoms with Crippen LogP contribution < -0.4 is 16.6 Å². The fourth-order valence-corrected chi connectivity index (χ4v) is 2.68. The minimum atomic E-state index is -0.520. The van der Waals surface area contributed by atoms with Gasteiger partial charge in [0.25, 0.3) is 5.56 Å². The molecule has 0 aliphatic heterocycles. The number of hydrogen-bond donors (Lipinski definition) is 2. The Kier molecular flexibility index (Phi) is 6.01. The monoisotopic (exact) mass is 380 g/mol. The quantitative estimate of drug-likeness (QED) is 0.458. The molecule has 3 aromatic rings. The van der Waals surface area contributed by atoms with E-state index in [1.54, 1.807) is 24.4 Å². The summed E-state index contributed by atoms with van der Waals surface area (Å²) in [6.45, 7) is 0.162. The van der Waals surface area contributed by atoms with Crippen molar-refractivity contribution in [2.24, 2.45) is 5.73 Å². The molecule has 0 saturated carbocycles. The van der Waals surface area contributed by atoms with E-state index in [1.807, 2.05) is 24.3 Å². The minimum Gasteiger partial charge on any atom is -0.439 e. The molecule has 2 heterocycles. The van der Waals surface area contributed by atoms with Crippen molar-refractivity contribution in [3.8, 4) is 0 Å². The molecular weight excluding hydrogens is 360 g/mol. The average molecular weight is 380 g/mol. The van der Waals surface area contributed by atoms with Crippen LogP contribution in [0.2, 0.25) is 0 Å². The van der Waals surface area contributed by atoms with Crippen molar-refractivity contribution in [3.05, 3.63) is 71.0 Å². The third-order valence-electron chi connectivity index (χ3n) is 3.99. The maximum Gasteiger partial charge on any atom is 0.274 e. The number of carbonyl (C=O) groups excluding carboxylic acids is 2. The van der Waals surface area contributed by atoms with Crippen LogP contribution in [0.3, 0.4) is 0 Å². The number of benzene rings is 1. The van der Waals surface area contributed by atoms with E-state index in [0.717, 1.165) is 5.52 Å². The number of unbranched alkanes of at least 4 members (excludes halogenated alkanes) is 1. The van der Waals surface area contributed by atoms with Gasteiger partial charge in [-0.3, -0.25) is 14.4 Å². The van der Waals surface area contributed by atoms with Gasteiger partial charge in [-0.05, 0) is 43.2 Å². The first-order chi connectivity index (χ1) is 13.5. The molecule has 0 aliphatic rings. The molecule has 3 rings (SSSR count). The predicted octanol–water partition coefficient (Wildman–Crippen LogP) is 2.19. The predicted molar refractivity (Wildman–Crippen MR) is 105 cm³/mol. The second kappa shape index (κ2) is 8.81. The number of pyridine rings is 1. The topological polar surface area (TPSA) is 120 Å². The normalized spacial score (nSPS) is 11.1. The van der Waals surface area contributed by atoms with Crippen LogP contribution >= 0.6 is 0 Å². The van der Waals surface area contributed by atoms with Gasteiger partial charge in [0.1, 0.15) is 17.7 Å². The number of allylic oxidation sites excluding steroid dienone is 1. The molecule has 0 atom stereocenters. The lowest BCUT2D eigenvalue weighted by Crippen LogP contribution is -2.25. The van der Waals surface area contributed by atoms with Gasteiger partial charge < -0.3 is 20.0 Å². The smallest absolute Gasteiger partial charge is 0.274 e. The number of primary amides is 1. The standard InChI is InChI=1S/C20H20N4O4/c21-17(25)10-2-1-3-11-18(26)22-15-8-6-12-24(20(15)27)13-19-23-14-7-4-5-9-16(14)28-19/h2,4-10,12H,1,3,11,13H2,(H2,21,25)(H,22,26)/b10-2+. The maximum atomic E-state index is 12.6. The van der Waals surface area contributed by atoms with Crippen molar-refractivity contribution in [1.29, 1.82) is 0 Å². The summed E-state index contributed by atoms with van der Waals surface area (Å²) in [5.41, 5.74) is 6.22. The average Bonchev–Trinajstić information content (AvgIpc) is 3.07. The largest absolute Gasteiger partial charge is 0.439 e. The second-order valence-electron chi connectivity index (χ2n) is 6.18. The summed E-state index contributed by atoms with van der Waals surface area (Å²) in [6.07, 6.45) is 5.81. The molecule has 3 N–H and O–H groups in total. The van der Waals surface area contributed by atoms with Crippen molar-refractivity contribution in [3.63, 3.8) is 0 Å². The van der Waals surface area contributed by atoms with Crippen molar-refractivity contribution in [2.45, 2.75) is 25.8 Å². The Morgan fingerprint density at radius 2 is 2.04 bits per heavy atom. The number of nitrogens with zero attached hydrogens (tertiary/aromatic N) is 2.